The van der Waals surface area contributed by atoms with Crippen molar-refractivity contribution in [1.29, 1.82) is 0 Å². The summed E-state index contributed by atoms with van der Waals surface area (Å²) < 4.78 is 10.6. The molecule has 15 heterocycles. The highest BCUT2D eigenvalue weighted by Crippen LogP contribution is 2.45. The third kappa shape index (κ3) is 26.1. The Morgan fingerprint density at radius 1 is 0.327 bits per heavy atom. The molecule has 0 radical (unpaired) electrons. The quantitative estimate of drug-likeness (QED) is 0.0195. The summed E-state index contributed by atoms with van der Waals surface area (Å²) in [7, 11) is 0. The lowest BCUT2D eigenvalue weighted by Gasteiger charge is -2.23. The maximum absolute atomic E-state index is 13.0. The average molecular weight is 2190 g/mol. The molecule has 3 amide bonds. The van der Waals surface area contributed by atoms with Gasteiger partial charge in [0.25, 0.3) is 33.4 Å². The summed E-state index contributed by atoms with van der Waals surface area (Å²) in [6.45, 7) is 6.24. The van der Waals surface area contributed by atoms with Crippen LogP contribution in [0.3, 0.4) is 0 Å². The average Bonchev–Trinajstić information content (AvgIpc) is 1.64. The van der Waals surface area contributed by atoms with Gasteiger partial charge < -0.3 is 16.0 Å². The van der Waals surface area contributed by atoms with Gasteiger partial charge in [0.15, 0.2) is 64.7 Å². The topological polar surface area (TPSA) is 399 Å². The van der Waals surface area contributed by atoms with Crippen LogP contribution in [0.2, 0.25) is 0 Å². The number of Topliss-reactive ketones (excluding diaryl/α,β-unsaturated/α-hetero) is 3. The molecule has 7 aliphatic rings. The second-order valence-electron chi connectivity index (χ2n) is 36.4. The first-order valence-electron chi connectivity index (χ1n) is 48.5. The number of carbonyl (C=O) groups excluding carboxylic acids is 6. The molecule has 0 aliphatic heterocycles. The fourth-order valence-electron chi connectivity index (χ4n) is 17.0. The summed E-state index contributed by atoms with van der Waals surface area (Å²) in [6.07, 6.45) is 25.2. The summed E-state index contributed by atoms with van der Waals surface area (Å²) in [6, 6.07) is 43.1. The van der Waals surface area contributed by atoms with Crippen LogP contribution in [-0.4, -0.2) is 153 Å². The van der Waals surface area contributed by atoms with E-state index in [0.717, 1.165) is 101 Å². The molecule has 0 spiro atoms. The number of thiophene rings is 5. The summed E-state index contributed by atoms with van der Waals surface area (Å²) in [5.74, 6) is 3.54. The van der Waals surface area contributed by atoms with Crippen molar-refractivity contribution in [3.05, 3.63) is 274 Å². The van der Waals surface area contributed by atoms with Crippen LogP contribution >= 0.6 is 139 Å². The third-order valence-corrected chi connectivity index (χ3v) is 36.3. The van der Waals surface area contributed by atoms with Gasteiger partial charge in [-0.15, -0.1) is 68.0 Å². The van der Waals surface area contributed by atoms with Crippen molar-refractivity contribution in [2.75, 3.05) is 45.2 Å². The fourth-order valence-corrected chi connectivity index (χ4v) is 26.9. The number of hydrogen-bond donors (Lipinski definition) is 3. The molecule has 43 heteroatoms. The molecule has 15 aromatic heterocycles. The standard InChI is InChI=1S/C19H25N3O2S2.C18H18N4O2S2.C18H15N3O2S.C17H14N2O2S2.C16H16N4O2S3.C16H13N3O2S2/c1-12(13-7-8-13)22-18(24)15-9-10-25-17(15)21-19(22)26-11-16(23)20-14-5-3-2-4-6-14;1-11(12-5-6-12)22-17(24)13-7-9-25-16(13)21-18(22)26-10-15(23)20-14-4-2-3-8-19-14;22-15(12-5-2-1-3-6-12)11-24-18-20-16-14(7-4-10-19-16)17(23)21(18)13-8-9-13;20-14(15-6-3-9-22-15)10-23-17-18-13-5-2-1-4-12(13)16(21)19(17)11-7-8-11;1-9(10-2-3-10)20-14(22)11-4-6-23-13(11)19-16(20)25-8-12(21)18-15-17-5-7-24-15;20-12(13-4-2-8-22-13)9-23-16-18-14-11(3-1-7-17-14)15(21)19(16)10-5-6-10/h9-10,12-14H,2-8,11H2,1H3,(H,20,23);2-4,7-9,11-12H,5-6,10H2,1H3,(H,19,20,23);1-7,10,13H,8-9,11H2;1-6,9,11H,7-8,10H2;4-7,9-10H,2-3,8H2,1H3,(H,17,18,21);1-4,7-8,10H,5-6,9H2. The lowest BCUT2D eigenvalue weighted by atomic mass is 9.95. The first kappa shape index (κ1) is 104. The number of nitrogens with zero attached hydrogens (tertiary/aromatic N) is 16. The van der Waals surface area contributed by atoms with Crippen LogP contribution in [-0.2, 0) is 14.4 Å². The molecule has 24 rings (SSSR count). The van der Waals surface area contributed by atoms with Gasteiger partial charge in [-0.3, -0.25) is 84.9 Å². The first-order valence-corrected chi connectivity index (χ1v) is 59.7. The number of pyridine rings is 3. The van der Waals surface area contributed by atoms with E-state index >= 15 is 0 Å². The fraction of sp³-hybridized carbons (Fsp3) is 0.346. The van der Waals surface area contributed by atoms with Crippen LogP contribution in [0.5, 0.6) is 0 Å². The number of ketones is 3. The molecule has 3 atom stereocenters. The Labute approximate surface area is 891 Å². The van der Waals surface area contributed by atoms with Crippen molar-refractivity contribution in [2.24, 2.45) is 17.8 Å². The van der Waals surface area contributed by atoms with E-state index in [0.29, 0.717) is 132 Å². The number of benzene rings is 2. The minimum absolute atomic E-state index is 0.00386. The Bertz CT molecular complexity index is 7890. The predicted molar refractivity (Wildman–Crippen MR) is 593 cm³/mol. The van der Waals surface area contributed by atoms with Crippen LogP contribution in [0.25, 0.3) is 63.6 Å². The Morgan fingerprint density at radius 3 is 1.16 bits per heavy atom. The minimum Gasteiger partial charge on any atom is -0.353 e. The zero-order valence-electron chi connectivity index (χ0n) is 80.0. The molecule has 17 aromatic rings. The van der Waals surface area contributed by atoms with Crippen LogP contribution in [0.15, 0.2) is 256 Å². The van der Waals surface area contributed by atoms with Gasteiger partial charge in [0.2, 0.25) is 17.7 Å². The van der Waals surface area contributed by atoms with Crippen molar-refractivity contribution in [3.8, 4) is 0 Å². The monoisotopic (exact) mass is 2190 g/mol. The van der Waals surface area contributed by atoms with Crippen LogP contribution < -0.4 is 49.3 Å². The number of carbonyl (C=O) groups is 6. The lowest BCUT2D eigenvalue weighted by molar-refractivity contribution is -0.119. The predicted octanol–water partition coefficient (Wildman–Crippen LogP) is 21.2. The first-order chi connectivity index (χ1) is 71.6. The Balaban J connectivity index is 0.000000111. The highest BCUT2D eigenvalue weighted by atomic mass is 32.2. The van der Waals surface area contributed by atoms with Crippen molar-refractivity contribution in [2.45, 2.75) is 203 Å². The van der Waals surface area contributed by atoms with Gasteiger partial charge in [-0.05, 0) is 234 Å². The summed E-state index contributed by atoms with van der Waals surface area (Å²) >= 11 is 16.6. The van der Waals surface area contributed by atoms with Crippen molar-refractivity contribution in [1.82, 2.24) is 82.6 Å². The van der Waals surface area contributed by atoms with Gasteiger partial charge in [0, 0.05) is 78.0 Å². The maximum atomic E-state index is 13.0. The molecule has 0 bridgehead atoms. The molecule has 2 aromatic carbocycles. The Kier molecular flexibility index (Phi) is 34.2. The number of aromatic nitrogens is 16. The molecular weight excluding hydrogens is 2090 g/mol. The van der Waals surface area contributed by atoms with Crippen LogP contribution in [0.4, 0.5) is 10.9 Å². The zero-order valence-corrected chi connectivity index (χ0v) is 89.8. The van der Waals surface area contributed by atoms with Gasteiger partial charge >= 0.3 is 0 Å². The smallest absolute Gasteiger partial charge is 0.263 e. The van der Waals surface area contributed by atoms with E-state index in [-0.39, 0.29) is 128 Å². The molecule has 7 fully saturated rings. The Morgan fingerprint density at radius 2 is 0.735 bits per heavy atom. The molecule has 7 saturated carbocycles. The van der Waals surface area contributed by atoms with Crippen molar-refractivity contribution < 1.29 is 28.8 Å². The number of fused-ring (bicyclic) bond motifs is 6. The van der Waals surface area contributed by atoms with Gasteiger partial charge in [-0.1, -0.05) is 150 Å². The lowest BCUT2D eigenvalue weighted by Crippen LogP contribution is -2.37. The third-order valence-electron chi connectivity index (χ3n) is 25.7. The van der Waals surface area contributed by atoms with Crippen LogP contribution in [0.1, 0.15) is 196 Å². The normalized spacial score (nSPS) is 15.5. The number of thiazole rings is 1. The number of thioether (sulfide) groups is 6. The van der Waals surface area contributed by atoms with Crippen LogP contribution in [0, 0.1) is 17.8 Å². The van der Waals surface area contributed by atoms with Gasteiger partial charge in [0.05, 0.1) is 82.1 Å². The molecule has 3 N–H and O–H groups in total. The number of anilines is 2. The zero-order chi connectivity index (χ0) is 102. The van der Waals surface area contributed by atoms with Crippen molar-refractivity contribution in [3.63, 3.8) is 0 Å². The SMILES string of the molecule is CC(C1CC1)n1c(SCC(=O)NC2CCCCC2)nc2sccc2c1=O.CC(C1CC1)n1c(SCC(=O)Nc2ccccn2)nc2sccc2c1=O.CC(C1CC1)n1c(SCC(=O)Nc2nccs2)nc2sccc2c1=O.O=C(CSc1nc2ccccc2c(=O)n1C1CC1)c1cccs1.O=C(CSc1nc2ncccc2c(=O)n1C1CC1)c1ccccc1.O=C(CSc1nc2ncccc2c(=O)n1C1CC1)c1cccs1. The minimum atomic E-state index is -0.167. The summed E-state index contributed by atoms with van der Waals surface area (Å²) in [5.41, 5.74) is 2.15. The number of rotatable bonds is 33. The van der Waals surface area contributed by atoms with E-state index in [1.807, 2.05) is 128 Å². The van der Waals surface area contributed by atoms with E-state index in [9.17, 15) is 57.5 Å². The molecule has 7 aliphatic carbocycles. The van der Waals surface area contributed by atoms with E-state index < -0.39 is 0 Å². The van der Waals surface area contributed by atoms with Crippen molar-refractivity contribution >= 4 is 248 Å². The molecule has 3 unspecified atom stereocenters. The highest BCUT2D eigenvalue weighted by Gasteiger charge is 2.38. The largest absolute Gasteiger partial charge is 0.353 e. The highest BCUT2D eigenvalue weighted by molar-refractivity contribution is 8.01. The Hall–Kier alpha value is -11.6. The molecular formula is C104H101N19O12S12. The van der Waals surface area contributed by atoms with Gasteiger partial charge in [-0.25, -0.2) is 49.8 Å². The number of nitrogens with one attached hydrogen (secondary N) is 3. The van der Waals surface area contributed by atoms with Gasteiger partial charge in [-0.2, -0.15) is 0 Å². The molecule has 31 nitrogen and oxygen atoms in total. The molecule has 756 valence electrons. The summed E-state index contributed by atoms with van der Waals surface area (Å²) in [4.78, 5) is 198. The number of para-hydroxylation sites is 1. The molecule has 147 heavy (non-hydrogen) atoms. The van der Waals surface area contributed by atoms with E-state index in [2.05, 4.69) is 81.6 Å². The number of hydrogen-bond acceptors (Lipinski definition) is 34. The molecule has 0 saturated heterocycles. The van der Waals surface area contributed by atoms with E-state index in [1.165, 1.54) is 171 Å². The summed E-state index contributed by atoms with van der Waals surface area (Å²) in [5, 5.41) is 28.0. The van der Waals surface area contributed by atoms with E-state index in [1.54, 1.807) is 96.2 Å². The number of amides is 3. The van der Waals surface area contributed by atoms with E-state index in [4.69, 9.17) is 4.98 Å². The maximum Gasteiger partial charge on any atom is 0.263 e. The second kappa shape index (κ2) is 48.3. The van der Waals surface area contributed by atoms with Gasteiger partial charge in [0.1, 0.15) is 20.3 Å². The second-order valence-corrected chi connectivity index (χ2v) is 47.5.